The highest BCUT2D eigenvalue weighted by atomic mass is 35.5. The Hall–Kier alpha value is -1.26. The largest absolute Gasteiger partial charge is 0.325 e. The molecule has 1 rings (SSSR count). The SMILES string of the molecule is CC(=O)NC(=O)Nc1ccc(Cl)c(Cl)c1. The monoisotopic (exact) mass is 246 g/mol. The molecule has 0 radical (unpaired) electrons. The number of anilines is 1. The molecule has 1 aromatic carbocycles. The lowest BCUT2D eigenvalue weighted by Crippen LogP contribution is -2.32. The second-order valence-electron chi connectivity index (χ2n) is 2.76. The molecule has 1 aromatic rings. The lowest BCUT2D eigenvalue weighted by Gasteiger charge is -2.05. The first-order valence-corrected chi connectivity index (χ1v) is 4.78. The summed E-state index contributed by atoms with van der Waals surface area (Å²) < 4.78 is 0. The zero-order chi connectivity index (χ0) is 11.4. The van der Waals surface area contributed by atoms with E-state index in [2.05, 4.69) is 10.6 Å². The summed E-state index contributed by atoms with van der Waals surface area (Å²) in [4.78, 5) is 21.6. The van der Waals surface area contributed by atoms with Gasteiger partial charge in [-0.2, -0.15) is 0 Å². The predicted molar refractivity (Wildman–Crippen MR) is 59.3 cm³/mol. The third-order valence-corrected chi connectivity index (χ3v) is 2.21. The number of amides is 3. The summed E-state index contributed by atoms with van der Waals surface area (Å²) in [5.41, 5.74) is 0.461. The Kier molecular flexibility index (Phi) is 3.94. The number of nitrogens with one attached hydrogen (secondary N) is 2. The summed E-state index contributed by atoms with van der Waals surface area (Å²) in [6, 6.07) is 4.01. The molecule has 80 valence electrons. The van der Waals surface area contributed by atoms with Gasteiger partial charge in [0.2, 0.25) is 5.91 Å². The Morgan fingerprint density at radius 1 is 1.20 bits per heavy atom. The van der Waals surface area contributed by atoms with Gasteiger partial charge in [0.15, 0.2) is 0 Å². The normalized spacial score (nSPS) is 9.53. The van der Waals surface area contributed by atoms with Crippen LogP contribution in [-0.2, 0) is 4.79 Å². The van der Waals surface area contributed by atoms with Gasteiger partial charge in [-0.25, -0.2) is 4.79 Å². The zero-order valence-corrected chi connectivity index (χ0v) is 9.32. The molecule has 0 bridgehead atoms. The highest BCUT2D eigenvalue weighted by molar-refractivity contribution is 6.42. The van der Waals surface area contributed by atoms with E-state index in [-0.39, 0.29) is 0 Å². The molecule has 0 atom stereocenters. The predicted octanol–water partition coefficient (Wildman–Crippen LogP) is 2.66. The standard InChI is InChI=1S/C9H8Cl2N2O2/c1-5(14)12-9(15)13-6-2-3-7(10)8(11)4-6/h2-4H,1H3,(H2,12,13,14,15). The van der Waals surface area contributed by atoms with Crippen LogP contribution in [0.15, 0.2) is 18.2 Å². The lowest BCUT2D eigenvalue weighted by molar-refractivity contribution is -0.117. The van der Waals surface area contributed by atoms with E-state index >= 15 is 0 Å². The molecular formula is C9H8Cl2N2O2. The average molecular weight is 247 g/mol. The van der Waals surface area contributed by atoms with Crippen LogP contribution in [0.25, 0.3) is 0 Å². The highest BCUT2D eigenvalue weighted by Crippen LogP contribution is 2.24. The number of urea groups is 1. The molecule has 15 heavy (non-hydrogen) atoms. The third-order valence-electron chi connectivity index (χ3n) is 1.47. The van der Waals surface area contributed by atoms with Gasteiger partial charge in [0.1, 0.15) is 0 Å². The first-order chi connectivity index (χ1) is 6.99. The molecule has 0 aliphatic heterocycles. The van der Waals surface area contributed by atoms with E-state index in [1.807, 2.05) is 0 Å². The van der Waals surface area contributed by atoms with Crippen LogP contribution in [0.2, 0.25) is 10.0 Å². The summed E-state index contributed by atoms with van der Waals surface area (Å²) in [5, 5.41) is 5.22. The maximum Gasteiger partial charge on any atom is 0.325 e. The molecule has 0 spiro atoms. The maximum atomic E-state index is 11.1. The number of hydrogen-bond donors (Lipinski definition) is 2. The van der Waals surface area contributed by atoms with Crippen LogP contribution in [0.3, 0.4) is 0 Å². The van der Waals surface area contributed by atoms with Gasteiger partial charge in [-0.3, -0.25) is 10.1 Å². The van der Waals surface area contributed by atoms with Crippen LogP contribution in [0.1, 0.15) is 6.92 Å². The van der Waals surface area contributed by atoms with Crippen molar-refractivity contribution in [3.8, 4) is 0 Å². The van der Waals surface area contributed by atoms with Crippen molar-refractivity contribution in [3.63, 3.8) is 0 Å². The van der Waals surface area contributed by atoms with Crippen molar-refractivity contribution in [2.75, 3.05) is 5.32 Å². The number of benzene rings is 1. The molecule has 0 saturated carbocycles. The molecule has 3 amide bonds. The van der Waals surface area contributed by atoms with Gasteiger partial charge in [-0.15, -0.1) is 0 Å². The molecule has 0 unspecified atom stereocenters. The van der Waals surface area contributed by atoms with Crippen LogP contribution < -0.4 is 10.6 Å². The van der Waals surface area contributed by atoms with E-state index in [1.165, 1.54) is 13.0 Å². The molecule has 0 saturated heterocycles. The van der Waals surface area contributed by atoms with Crippen LogP contribution in [0.5, 0.6) is 0 Å². The van der Waals surface area contributed by atoms with Crippen molar-refractivity contribution in [1.29, 1.82) is 0 Å². The summed E-state index contributed by atoms with van der Waals surface area (Å²) in [6.45, 7) is 1.24. The van der Waals surface area contributed by atoms with Gasteiger partial charge in [0.25, 0.3) is 0 Å². The number of carbonyl (C=O) groups is 2. The van der Waals surface area contributed by atoms with Crippen LogP contribution in [0, 0.1) is 0 Å². The van der Waals surface area contributed by atoms with E-state index in [0.29, 0.717) is 15.7 Å². The second kappa shape index (κ2) is 5.00. The molecule has 0 aliphatic rings. The number of rotatable bonds is 1. The molecule has 6 heteroatoms. The third kappa shape index (κ3) is 3.77. The molecule has 2 N–H and O–H groups in total. The van der Waals surface area contributed by atoms with Gasteiger partial charge in [0.05, 0.1) is 10.0 Å². The van der Waals surface area contributed by atoms with Gasteiger partial charge < -0.3 is 5.32 Å². The molecule has 0 fully saturated rings. The van der Waals surface area contributed by atoms with E-state index < -0.39 is 11.9 Å². The lowest BCUT2D eigenvalue weighted by atomic mass is 10.3. The van der Waals surface area contributed by atoms with Gasteiger partial charge in [-0.05, 0) is 18.2 Å². The smallest absolute Gasteiger partial charge is 0.308 e. The highest BCUT2D eigenvalue weighted by Gasteiger charge is 2.04. The topological polar surface area (TPSA) is 58.2 Å². The van der Waals surface area contributed by atoms with Crippen molar-refractivity contribution < 1.29 is 9.59 Å². The van der Waals surface area contributed by atoms with Crippen LogP contribution in [0.4, 0.5) is 10.5 Å². The Morgan fingerprint density at radius 2 is 1.87 bits per heavy atom. The fourth-order valence-corrected chi connectivity index (χ4v) is 1.19. The van der Waals surface area contributed by atoms with Crippen molar-refractivity contribution in [3.05, 3.63) is 28.2 Å². The zero-order valence-electron chi connectivity index (χ0n) is 7.80. The Labute approximate surface area is 96.6 Å². The summed E-state index contributed by atoms with van der Waals surface area (Å²) >= 11 is 11.4. The average Bonchev–Trinajstić information content (AvgIpc) is 2.10. The molecule has 0 aliphatic carbocycles. The minimum atomic E-state index is -0.610. The van der Waals surface area contributed by atoms with E-state index in [0.717, 1.165) is 0 Å². The first kappa shape index (κ1) is 11.8. The fourth-order valence-electron chi connectivity index (χ4n) is 0.896. The van der Waals surface area contributed by atoms with Crippen LogP contribution >= 0.6 is 23.2 Å². The summed E-state index contributed by atoms with van der Waals surface area (Å²) in [6.07, 6.45) is 0. The van der Waals surface area contributed by atoms with Crippen LogP contribution in [-0.4, -0.2) is 11.9 Å². The van der Waals surface area contributed by atoms with E-state index in [4.69, 9.17) is 23.2 Å². The van der Waals surface area contributed by atoms with E-state index in [1.54, 1.807) is 12.1 Å². The number of halogens is 2. The molecular weight excluding hydrogens is 239 g/mol. The number of hydrogen-bond acceptors (Lipinski definition) is 2. The molecule has 0 aromatic heterocycles. The fraction of sp³-hybridized carbons (Fsp3) is 0.111. The number of imide groups is 1. The second-order valence-corrected chi connectivity index (χ2v) is 3.58. The molecule has 0 heterocycles. The minimum Gasteiger partial charge on any atom is -0.308 e. The quantitative estimate of drug-likeness (QED) is 0.801. The summed E-state index contributed by atoms with van der Waals surface area (Å²) in [5.74, 6) is -0.437. The van der Waals surface area contributed by atoms with Crippen molar-refractivity contribution in [2.24, 2.45) is 0 Å². The molecule has 4 nitrogen and oxygen atoms in total. The Balaban J connectivity index is 2.69. The minimum absolute atomic E-state index is 0.331. The summed E-state index contributed by atoms with van der Waals surface area (Å²) in [7, 11) is 0. The Morgan fingerprint density at radius 3 is 2.40 bits per heavy atom. The van der Waals surface area contributed by atoms with Gasteiger partial charge in [0, 0.05) is 12.6 Å². The van der Waals surface area contributed by atoms with Crippen molar-refractivity contribution in [2.45, 2.75) is 6.92 Å². The number of carbonyl (C=O) groups excluding carboxylic acids is 2. The Bertz CT molecular complexity index is 407. The van der Waals surface area contributed by atoms with Crippen molar-refractivity contribution in [1.82, 2.24) is 5.32 Å². The van der Waals surface area contributed by atoms with Gasteiger partial charge >= 0.3 is 6.03 Å². The van der Waals surface area contributed by atoms with Crippen molar-refractivity contribution >= 4 is 40.8 Å². The van der Waals surface area contributed by atoms with E-state index in [9.17, 15) is 9.59 Å². The van der Waals surface area contributed by atoms with Gasteiger partial charge in [-0.1, -0.05) is 23.2 Å². The first-order valence-electron chi connectivity index (χ1n) is 4.02. The maximum absolute atomic E-state index is 11.1.